The Balaban J connectivity index is 1.51. The Bertz CT molecular complexity index is 584. The van der Waals surface area contributed by atoms with E-state index in [0.717, 1.165) is 29.2 Å². The van der Waals surface area contributed by atoms with E-state index in [9.17, 15) is 4.79 Å². The number of halogens is 1. The third kappa shape index (κ3) is 2.96. The van der Waals surface area contributed by atoms with Gasteiger partial charge >= 0.3 is 0 Å². The summed E-state index contributed by atoms with van der Waals surface area (Å²) in [6.45, 7) is 3.25. The van der Waals surface area contributed by atoms with E-state index in [1.165, 1.54) is 45.1 Å². The highest BCUT2D eigenvalue weighted by atomic mass is 79.9. The van der Waals surface area contributed by atoms with Crippen LogP contribution in [0.4, 0.5) is 0 Å². The predicted molar refractivity (Wildman–Crippen MR) is 95.5 cm³/mol. The van der Waals surface area contributed by atoms with E-state index in [2.05, 4.69) is 25.7 Å². The molecule has 2 aliphatic heterocycles. The first-order chi connectivity index (χ1) is 11.2. The van der Waals surface area contributed by atoms with Gasteiger partial charge in [-0.05, 0) is 66.2 Å². The predicted octanol–water partition coefficient (Wildman–Crippen LogP) is 3.93. The minimum Gasteiger partial charge on any atom is -0.334 e. The van der Waals surface area contributed by atoms with Crippen LogP contribution in [0.5, 0.6) is 0 Å². The van der Waals surface area contributed by atoms with Gasteiger partial charge in [-0.1, -0.05) is 25.0 Å². The van der Waals surface area contributed by atoms with Crippen LogP contribution in [0, 0.1) is 5.92 Å². The lowest BCUT2D eigenvalue weighted by molar-refractivity contribution is 0.0521. The second kappa shape index (κ2) is 6.56. The fraction of sp³-hybridized carbons (Fsp3) is 0.632. The quantitative estimate of drug-likeness (QED) is 0.780. The zero-order valence-electron chi connectivity index (χ0n) is 13.6. The van der Waals surface area contributed by atoms with E-state index >= 15 is 0 Å². The summed E-state index contributed by atoms with van der Waals surface area (Å²) < 4.78 is 0.914. The zero-order valence-corrected chi connectivity index (χ0v) is 15.2. The van der Waals surface area contributed by atoms with Crippen LogP contribution in [-0.2, 0) is 0 Å². The molecule has 0 N–H and O–H groups in total. The molecular weight excluding hydrogens is 352 g/mol. The van der Waals surface area contributed by atoms with Crippen molar-refractivity contribution in [2.45, 2.75) is 50.6 Å². The van der Waals surface area contributed by atoms with E-state index < -0.39 is 0 Å². The molecule has 1 aromatic carbocycles. The molecule has 3 nitrogen and oxygen atoms in total. The van der Waals surface area contributed by atoms with Crippen molar-refractivity contribution in [2.75, 3.05) is 19.6 Å². The molecule has 4 heteroatoms. The first-order valence-corrected chi connectivity index (χ1v) is 9.83. The maximum atomic E-state index is 13.0. The number of benzene rings is 1. The number of fused-ring (bicyclic) bond motifs is 1. The molecule has 4 rings (SSSR count). The van der Waals surface area contributed by atoms with E-state index in [4.69, 9.17) is 0 Å². The lowest BCUT2D eigenvalue weighted by Gasteiger charge is -2.41. The van der Waals surface area contributed by atoms with Crippen LogP contribution in [-0.4, -0.2) is 47.4 Å². The zero-order chi connectivity index (χ0) is 15.8. The van der Waals surface area contributed by atoms with Crippen molar-refractivity contribution < 1.29 is 4.79 Å². The molecule has 0 radical (unpaired) electrons. The van der Waals surface area contributed by atoms with Gasteiger partial charge in [-0.3, -0.25) is 9.69 Å². The lowest BCUT2D eigenvalue weighted by atomic mass is 9.91. The summed E-state index contributed by atoms with van der Waals surface area (Å²) in [7, 11) is 0. The Kier molecular flexibility index (Phi) is 4.46. The Hall–Kier alpha value is -0.870. The summed E-state index contributed by atoms with van der Waals surface area (Å²) in [6.07, 6.45) is 7.93. The number of rotatable bonds is 2. The van der Waals surface area contributed by atoms with Crippen molar-refractivity contribution in [2.24, 2.45) is 5.92 Å². The van der Waals surface area contributed by atoms with Crippen molar-refractivity contribution in [3.05, 3.63) is 34.3 Å². The Morgan fingerprint density at radius 2 is 1.78 bits per heavy atom. The highest BCUT2D eigenvalue weighted by Gasteiger charge is 2.42. The second-order valence-electron chi connectivity index (χ2n) is 7.32. The Labute approximate surface area is 147 Å². The van der Waals surface area contributed by atoms with Crippen molar-refractivity contribution >= 4 is 21.8 Å². The minimum atomic E-state index is 0.207. The van der Waals surface area contributed by atoms with Crippen LogP contribution in [0.2, 0.25) is 0 Å². The number of hydrogen-bond acceptors (Lipinski definition) is 2. The van der Waals surface area contributed by atoms with Crippen molar-refractivity contribution in [3.8, 4) is 0 Å². The monoisotopic (exact) mass is 376 g/mol. The number of carbonyl (C=O) groups excluding carboxylic acids is 1. The molecule has 3 fully saturated rings. The van der Waals surface area contributed by atoms with Gasteiger partial charge in [0.1, 0.15) is 0 Å². The van der Waals surface area contributed by atoms with Crippen LogP contribution in [0.25, 0.3) is 0 Å². The lowest BCUT2D eigenvalue weighted by Crippen LogP contribution is -2.52. The van der Waals surface area contributed by atoms with Crippen molar-refractivity contribution in [3.63, 3.8) is 0 Å². The third-order valence-electron chi connectivity index (χ3n) is 6.10. The molecule has 0 bridgehead atoms. The number of nitrogens with zero attached hydrogens (tertiary/aromatic N) is 2. The van der Waals surface area contributed by atoms with E-state index in [0.29, 0.717) is 12.0 Å². The van der Waals surface area contributed by atoms with Crippen molar-refractivity contribution in [1.29, 1.82) is 0 Å². The van der Waals surface area contributed by atoms with Gasteiger partial charge in [-0.15, -0.1) is 0 Å². The molecule has 0 aromatic heterocycles. The number of amides is 1. The maximum absolute atomic E-state index is 13.0. The summed E-state index contributed by atoms with van der Waals surface area (Å²) in [6, 6.07) is 9.03. The van der Waals surface area contributed by atoms with E-state index in [1.807, 2.05) is 24.3 Å². The molecule has 3 aliphatic rings. The third-order valence-corrected chi connectivity index (χ3v) is 6.79. The van der Waals surface area contributed by atoms with Crippen LogP contribution in [0.15, 0.2) is 28.7 Å². The van der Waals surface area contributed by atoms with Gasteiger partial charge in [0.25, 0.3) is 5.91 Å². The van der Waals surface area contributed by atoms with Crippen molar-refractivity contribution in [1.82, 2.24) is 9.80 Å². The standard InChI is InChI=1S/C19H25BrN2O/c20-17-8-4-3-7-16(17)19(23)22-12-10-14-9-11-21(13-18(14)22)15-5-1-2-6-15/h3-4,7-8,14-15,18H,1-2,5-6,9-13H2. The second-order valence-corrected chi connectivity index (χ2v) is 8.17. The maximum Gasteiger partial charge on any atom is 0.255 e. The highest BCUT2D eigenvalue weighted by molar-refractivity contribution is 9.10. The Morgan fingerprint density at radius 1 is 1.04 bits per heavy atom. The van der Waals surface area contributed by atoms with E-state index in [-0.39, 0.29) is 5.91 Å². The van der Waals surface area contributed by atoms with Gasteiger partial charge in [0, 0.05) is 29.6 Å². The molecule has 2 unspecified atom stereocenters. The summed E-state index contributed by atoms with van der Waals surface area (Å²) in [5.74, 6) is 0.914. The molecule has 2 atom stereocenters. The first-order valence-electron chi connectivity index (χ1n) is 9.03. The minimum absolute atomic E-state index is 0.207. The molecule has 1 aliphatic carbocycles. The van der Waals surface area contributed by atoms with E-state index in [1.54, 1.807) is 0 Å². The van der Waals surface area contributed by atoms with Crippen LogP contribution in [0.1, 0.15) is 48.9 Å². The van der Waals surface area contributed by atoms with Gasteiger partial charge in [-0.2, -0.15) is 0 Å². The summed E-state index contributed by atoms with van der Waals surface area (Å²) in [5, 5.41) is 0. The SMILES string of the molecule is O=C(c1ccccc1Br)N1CCC2CCN(C3CCCC3)CC21. The fourth-order valence-electron chi connectivity index (χ4n) is 4.81. The van der Waals surface area contributed by atoms with Crippen LogP contribution < -0.4 is 0 Å². The summed E-state index contributed by atoms with van der Waals surface area (Å²) in [5.41, 5.74) is 0.811. The van der Waals surface area contributed by atoms with Gasteiger partial charge in [0.05, 0.1) is 5.56 Å². The largest absolute Gasteiger partial charge is 0.334 e. The topological polar surface area (TPSA) is 23.6 Å². The Morgan fingerprint density at radius 3 is 2.57 bits per heavy atom. The van der Waals surface area contributed by atoms with Gasteiger partial charge in [0.2, 0.25) is 0 Å². The molecule has 23 heavy (non-hydrogen) atoms. The molecule has 2 saturated heterocycles. The number of likely N-dealkylation sites (tertiary alicyclic amines) is 2. The number of hydrogen-bond donors (Lipinski definition) is 0. The first kappa shape index (κ1) is 15.6. The molecule has 2 heterocycles. The molecule has 1 aromatic rings. The number of piperidine rings is 1. The number of carbonyl (C=O) groups is 1. The van der Waals surface area contributed by atoms with Gasteiger partial charge in [-0.25, -0.2) is 0 Å². The molecule has 1 saturated carbocycles. The average molecular weight is 377 g/mol. The summed E-state index contributed by atoms with van der Waals surface area (Å²) in [4.78, 5) is 17.9. The highest BCUT2D eigenvalue weighted by Crippen LogP contribution is 2.36. The molecule has 0 spiro atoms. The summed E-state index contributed by atoms with van der Waals surface area (Å²) >= 11 is 3.54. The van der Waals surface area contributed by atoms with Crippen LogP contribution in [0.3, 0.4) is 0 Å². The normalized spacial score (nSPS) is 29.0. The fourth-order valence-corrected chi connectivity index (χ4v) is 5.26. The average Bonchev–Trinajstić information content (AvgIpc) is 3.24. The van der Waals surface area contributed by atoms with Gasteiger partial charge < -0.3 is 4.90 Å². The van der Waals surface area contributed by atoms with Gasteiger partial charge in [0.15, 0.2) is 0 Å². The molecule has 1 amide bonds. The molecular formula is C19H25BrN2O. The van der Waals surface area contributed by atoms with Crippen LogP contribution >= 0.6 is 15.9 Å². The molecule has 124 valence electrons. The smallest absolute Gasteiger partial charge is 0.255 e.